The van der Waals surface area contributed by atoms with Gasteiger partial charge in [0.2, 0.25) is 5.91 Å². The van der Waals surface area contributed by atoms with Gasteiger partial charge in [-0.1, -0.05) is 56.0 Å². The zero-order valence-electron chi connectivity index (χ0n) is 15.2. The van der Waals surface area contributed by atoms with Crippen LogP contribution in [0.3, 0.4) is 0 Å². The molecular formula is C19H27N3O3. The standard InChI is InChI=1S/C19H27N3O3/c1-4-5-6-7-12-20-16(23)13-22-17(24)19(3,21-18(22)25)15-10-8-14(2)9-11-15/h8-11H,4-7,12-13H2,1-3H3,(H,20,23)(H,21,25). The fourth-order valence-corrected chi connectivity index (χ4v) is 2.90. The second-order valence-corrected chi connectivity index (χ2v) is 6.72. The van der Waals surface area contributed by atoms with Crippen LogP contribution >= 0.6 is 0 Å². The maximum atomic E-state index is 12.7. The second kappa shape index (κ2) is 8.14. The van der Waals surface area contributed by atoms with Crippen LogP contribution in [0.15, 0.2) is 24.3 Å². The monoisotopic (exact) mass is 345 g/mol. The molecule has 0 aliphatic carbocycles. The smallest absolute Gasteiger partial charge is 0.325 e. The van der Waals surface area contributed by atoms with E-state index in [1.54, 1.807) is 6.92 Å². The Morgan fingerprint density at radius 3 is 2.48 bits per heavy atom. The van der Waals surface area contributed by atoms with Crippen molar-refractivity contribution in [2.75, 3.05) is 13.1 Å². The van der Waals surface area contributed by atoms with E-state index in [1.807, 2.05) is 31.2 Å². The molecule has 1 unspecified atom stereocenters. The van der Waals surface area contributed by atoms with Gasteiger partial charge in [-0.15, -0.1) is 0 Å². The molecule has 1 saturated heterocycles. The summed E-state index contributed by atoms with van der Waals surface area (Å²) in [5.74, 6) is -0.712. The minimum Gasteiger partial charge on any atom is -0.355 e. The Morgan fingerprint density at radius 2 is 1.84 bits per heavy atom. The fourth-order valence-electron chi connectivity index (χ4n) is 2.90. The van der Waals surface area contributed by atoms with Crippen molar-refractivity contribution >= 4 is 17.8 Å². The lowest BCUT2D eigenvalue weighted by Crippen LogP contribution is -2.43. The Balaban J connectivity index is 1.96. The molecule has 0 aromatic heterocycles. The molecule has 6 heteroatoms. The molecule has 2 N–H and O–H groups in total. The molecule has 1 aromatic rings. The van der Waals surface area contributed by atoms with Gasteiger partial charge in [0.15, 0.2) is 0 Å². The molecule has 6 nitrogen and oxygen atoms in total. The van der Waals surface area contributed by atoms with Gasteiger partial charge >= 0.3 is 6.03 Å². The van der Waals surface area contributed by atoms with Gasteiger partial charge in [-0.25, -0.2) is 4.79 Å². The number of hydrogen-bond donors (Lipinski definition) is 2. The lowest BCUT2D eigenvalue weighted by Gasteiger charge is -2.22. The molecule has 0 bridgehead atoms. The fraction of sp³-hybridized carbons (Fsp3) is 0.526. The molecule has 0 saturated carbocycles. The number of aryl methyl sites for hydroxylation is 1. The number of nitrogens with zero attached hydrogens (tertiary/aromatic N) is 1. The van der Waals surface area contributed by atoms with E-state index in [-0.39, 0.29) is 12.5 Å². The molecule has 1 heterocycles. The lowest BCUT2D eigenvalue weighted by molar-refractivity contribution is -0.134. The van der Waals surface area contributed by atoms with Crippen LogP contribution in [-0.4, -0.2) is 35.8 Å². The number of amides is 4. The molecule has 1 atom stereocenters. The van der Waals surface area contributed by atoms with Gasteiger partial charge in [0, 0.05) is 6.54 Å². The van der Waals surface area contributed by atoms with Gasteiger partial charge in [0.25, 0.3) is 5.91 Å². The van der Waals surface area contributed by atoms with Crippen molar-refractivity contribution in [1.82, 2.24) is 15.5 Å². The van der Waals surface area contributed by atoms with Crippen molar-refractivity contribution in [3.8, 4) is 0 Å². The van der Waals surface area contributed by atoms with E-state index in [0.717, 1.165) is 36.1 Å². The molecule has 0 spiro atoms. The van der Waals surface area contributed by atoms with E-state index in [4.69, 9.17) is 0 Å². The first kappa shape index (κ1) is 19.0. The summed E-state index contributed by atoms with van der Waals surface area (Å²) in [5.41, 5.74) is 0.647. The largest absolute Gasteiger partial charge is 0.355 e. The molecule has 1 fully saturated rings. The quantitative estimate of drug-likeness (QED) is 0.561. The van der Waals surface area contributed by atoms with Crippen LogP contribution in [0.25, 0.3) is 0 Å². The molecule has 0 radical (unpaired) electrons. The summed E-state index contributed by atoms with van der Waals surface area (Å²) >= 11 is 0. The zero-order chi connectivity index (χ0) is 18.4. The van der Waals surface area contributed by atoms with Crippen LogP contribution in [0.1, 0.15) is 50.7 Å². The normalized spacial score (nSPS) is 19.9. The van der Waals surface area contributed by atoms with Crippen molar-refractivity contribution in [3.63, 3.8) is 0 Å². The molecule has 1 aromatic carbocycles. The summed E-state index contributed by atoms with van der Waals surface area (Å²) in [4.78, 5) is 38.0. The summed E-state index contributed by atoms with van der Waals surface area (Å²) in [6, 6.07) is 6.90. The van der Waals surface area contributed by atoms with Crippen LogP contribution in [-0.2, 0) is 15.1 Å². The van der Waals surface area contributed by atoms with Gasteiger partial charge in [-0.05, 0) is 25.8 Å². The summed E-state index contributed by atoms with van der Waals surface area (Å²) in [7, 11) is 0. The number of benzene rings is 1. The first-order valence-electron chi connectivity index (χ1n) is 8.86. The van der Waals surface area contributed by atoms with Crippen molar-refractivity contribution < 1.29 is 14.4 Å². The number of hydrogen-bond acceptors (Lipinski definition) is 3. The van der Waals surface area contributed by atoms with E-state index >= 15 is 0 Å². The highest BCUT2D eigenvalue weighted by Gasteiger charge is 2.49. The minimum atomic E-state index is -1.13. The van der Waals surface area contributed by atoms with E-state index in [2.05, 4.69) is 17.6 Å². The van der Waals surface area contributed by atoms with Gasteiger partial charge in [0.05, 0.1) is 0 Å². The third-order valence-corrected chi connectivity index (χ3v) is 4.56. The lowest BCUT2D eigenvalue weighted by atomic mass is 9.91. The average molecular weight is 345 g/mol. The van der Waals surface area contributed by atoms with Gasteiger partial charge in [0.1, 0.15) is 12.1 Å². The third-order valence-electron chi connectivity index (χ3n) is 4.56. The molecule has 1 aliphatic rings. The Morgan fingerprint density at radius 1 is 1.16 bits per heavy atom. The summed E-state index contributed by atoms with van der Waals surface area (Å²) < 4.78 is 0. The minimum absolute atomic E-state index is 0.250. The number of urea groups is 1. The first-order valence-corrected chi connectivity index (χ1v) is 8.86. The van der Waals surface area contributed by atoms with Crippen molar-refractivity contribution in [2.24, 2.45) is 0 Å². The number of unbranched alkanes of at least 4 members (excludes halogenated alkanes) is 3. The maximum absolute atomic E-state index is 12.7. The molecule has 1 aliphatic heterocycles. The van der Waals surface area contributed by atoms with Crippen LogP contribution in [0.4, 0.5) is 4.79 Å². The van der Waals surface area contributed by atoms with Gasteiger partial charge in [-0.3, -0.25) is 14.5 Å². The molecule has 136 valence electrons. The number of nitrogens with one attached hydrogen (secondary N) is 2. The number of imide groups is 1. The second-order valence-electron chi connectivity index (χ2n) is 6.72. The zero-order valence-corrected chi connectivity index (χ0v) is 15.2. The topological polar surface area (TPSA) is 78.5 Å². The van der Waals surface area contributed by atoms with Crippen LogP contribution in [0.5, 0.6) is 0 Å². The Hall–Kier alpha value is -2.37. The Bertz CT molecular complexity index is 642. The van der Waals surface area contributed by atoms with E-state index in [0.29, 0.717) is 12.1 Å². The Labute approximate surface area is 149 Å². The number of carbonyl (C=O) groups is 3. The predicted octanol–water partition coefficient (Wildman–Crippen LogP) is 2.46. The Kier molecular flexibility index (Phi) is 6.17. The average Bonchev–Trinajstić information content (AvgIpc) is 2.79. The van der Waals surface area contributed by atoms with E-state index in [1.165, 1.54) is 0 Å². The molecular weight excluding hydrogens is 318 g/mol. The third kappa shape index (κ3) is 4.38. The van der Waals surface area contributed by atoms with Gasteiger partial charge < -0.3 is 10.6 Å². The number of carbonyl (C=O) groups excluding carboxylic acids is 3. The summed E-state index contributed by atoms with van der Waals surface area (Å²) in [6.07, 6.45) is 4.23. The highest BCUT2D eigenvalue weighted by atomic mass is 16.2. The van der Waals surface area contributed by atoms with Crippen LogP contribution in [0, 0.1) is 6.92 Å². The van der Waals surface area contributed by atoms with E-state index in [9.17, 15) is 14.4 Å². The summed E-state index contributed by atoms with van der Waals surface area (Å²) in [5, 5.41) is 5.48. The molecule has 2 rings (SSSR count). The predicted molar refractivity (Wildman–Crippen MR) is 95.9 cm³/mol. The highest BCUT2D eigenvalue weighted by Crippen LogP contribution is 2.28. The molecule has 25 heavy (non-hydrogen) atoms. The summed E-state index contributed by atoms with van der Waals surface area (Å²) in [6.45, 7) is 6.07. The number of rotatable bonds is 8. The van der Waals surface area contributed by atoms with Crippen LogP contribution < -0.4 is 10.6 Å². The van der Waals surface area contributed by atoms with Crippen molar-refractivity contribution in [3.05, 3.63) is 35.4 Å². The first-order chi connectivity index (χ1) is 11.9. The molecule has 4 amide bonds. The highest BCUT2D eigenvalue weighted by molar-refractivity contribution is 6.09. The van der Waals surface area contributed by atoms with E-state index < -0.39 is 17.5 Å². The van der Waals surface area contributed by atoms with Crippen LogP contribution in [0.2, 0.25) is 0 Å². The maximum Gasteiger partial charge on any atom is 0.325 e. The van der Waals surface area contributed by atoms with Gasteiger partial charge in [-0.2, -0.15) is 0 Å². The van der Waals surface area contributed by atoms with Crippen molar-refractivity contribution in [2.45, 2.75) is 52.0 Å². The van der Waals surface area contributed by atoms with Crippen molar-refractivity contribution in [1.29, 1.82) is 0 Å². The SMILES string of the molecule is CCCCCCNC(=O)CN1C(=O)NC(C)(c2ccc(C)cc2)C1=O.